The van der Waals surface area contributed by atoms with Crippen LogP contribution in [0.1, 0.15) is 0 Å². The third-order valence-electron chi connectivity index (χ3n) is 3.20. The molecule has 0 fully saturated rings. The molecule has 0 aliphatic heterocycles. The van der Waals surface area contributed by atoms with E-state index in [1.54, 1.807) is 17.0 Å². The first-order valence-electron chi connectivity index (χ1n) is 6.78. The molecule has 21 heavy (non-hydrogen) atoms. The number of halogens is 2. The molecule has 2 aromatic rings. The predicted molar refractivity (Wildman–Crippen MR) is 88.0 cm³/mol. The molecule has 0 saturated heterocycles. The highest BCUT2D eigenvalue weighted by Gasteiger charge is 2.17. The van der Waals surface area contributed by atoms with Crippen molar-refractivity contribution in [1.29, 1.82) is 0 Å². The van der Waals surface area contributed by atoms with Gasteiger partial charge in [-0.3, -0.25) is 0 Å². The van der Waals surface area contributed by atoms with Crippen molar-refractivity contribution < 1.29 is 13.9 Å². The van der Waals surface area contributed by atoms with E-state index in [2.05, 4.69) is 40.6 Å². The fourth-order valence-corrected chi connectivity index (χ4v) is 3.25. The zero-order chi connectivity index (χ0) is 15.6. The molecule has 2 rings (SSSR count). The van der Waals surface area contributed by atoms with Crippen molar-refractivity contribution in [3.8, 4) is 5.75 Å². The fourth-order valence-electron chi connectivity index (χ4n) is 1.94. The van der Waals surface area contributed by atoms with Crippen molar-refractivity contribution in [2.24, 2.45) is 0 Å². The Kier molecular flexibility index (Phi) is 5.06. The van der Waals surface area contributed by atoms with Crippen LogP contribution in [0.5, 0.6) is 5.75 Å². The highest BCUT2D eigenvalue weighted by molar-refractivity contribution is 9.10. The highest BCUT2D eigenvalue weighted by Crippen LogP contribution is 2.33. The largest absolute Gasteiger partial charge is 0.492 e. The summed E-state index contributed by atoms with van der Waals surface area (Å²) in [5.74, 6) is -0.282. The molecule has 7 heteroatoms. The topological polar surface area (TPSA) is 36.3 Å². The average Bonchev–Trinajstić information content (AvgIpc) is 2.77. The zero-order valence-corrected chi connectivity index (χ0v) is 15.3. The van der Waals surface area contributed by atoms with Crippen LogP contribution in [0.3, 0.4) is 0 Å². The molecule has 0 spiro atoms. The van der Waals surface area contributed by atoms with Gasteiger partial charge in [0.25, 0.3) is 0 Å². The van der Waals surface area contributed by atoms with Gasteiger partial charge in [0, 0.05) is 14.7 Å². The van der Waals surface area contributed by atoms with E-state index < -0.39 is 13.9 Å². The second kappa shape index (κ2) is 6.45. The Hall–Kier alpha value is -0.923. The van der Waals surface area contributed by atoms with Crippen LogP contribution in [-0.4, -0.2) is 31.3 Å². The summed E-state index contributed by atoms with van der Waals surface area (Å²) in [6, 6.07) is 2.90. The average molecular weight is 375 g/mol. The number of hydrogen-bond acceptors (Lipinski definition) is 3. The molecule has 0 N–H and O–H groups in total. The summed E-state index contributed by atoms with van der Waals surface area (Å²) in [4.78, 5) is 4.11. The number of imidazole rings is 1. The molecular weight excluding hydrogens is 355 g/mol. The van der Waals surface area contributed by atoms with Crippen LogP contribution < -0.4 is 4.74 Å². The Morgan fingerprint density at radius 1 is 1.38 bits per heavy atom. The minimum Gasteiger partial charge on any atom is -0.492 e. The van der Waals surface area contributed by atoms with Gasteiger partial charge in [-0.15, -0.1) is 0 Å². The number of hydrogen-bond donors (Lipinski definition) is 0. The first kappa shape index (κ1) is 16.4. The van der Waals surface area contributed by atoms with E-state index in [0.717, 1.165) is 12.7 Å². The van der Waals surface area contributed by atoms with E-state index in [1.807, 2.05) is 0 Å². The molecule has 0 aliphatic rings. The molecule has 4 nitrogen and oxygen atoms in total. The molecule has 1 aromatic heterocycles. The van der Waals surface area contributed by atoms with E-state index >= 15 is 0 Å². The van der Waals surface area contributed by atoms with Crippen LogP contribution in [0.2, 0.25) is 25.7 Å². The van der Waals surface area contributed by atoms with Gasteiger partial charge in [-0.2, -0.15) is 0 Å². The molecular formula is C14H20BrFN2O2Si. The second-order valence-electron chi connectivity index (χ2n) is 6.14. The highest BCUT2D eigenvalue weighted by atomic mass is 79.9. The lowest BCUT2D eigenvalue weighted by Crippen LogP contribution is -2.21. The van der Waals surface area contributed by atoms with Gasteiger partial charge in [0.1, 0.15) is 12.2 Å². The number of methoxy groups -OCH3 is 1. The monoisotopic (exact) mass is 374 g/mol. The van der Waals surface area contributed by atoms with Crippen LogP contribution >= 0.6 is 15.9 Å². The Labute approximate surface area is 133 Å². The summed E-state index contributed by atoms with van der Waals surface area (Å²) in [7, 11) is 0.339. The molecule has 1 heterocycles. The third-order valence-corrected chi connectivity index (χ3v) is 5.49. The first-order valence-corrected chi connectivity index (χ1v) is 11.3. The standard InChI is InChI=1S/C14H20BrFN2O2Si/c1-19-14-10(15)7-11-13(12(14)16)17-8-18(11)9-20-5-6-21(2,3)4/h7-8H,5-6,9H2,1-4H3. The van der Waals surface area contributed by atoms with Gasteiger partial charge in [0.2, 0.25) is 0 Å². The molecule has 0 aliphatic carbocycles. The van der Waals surface area contributed by atoms with Crippen LogP contribution in [0, 0.1) is 5.82 Å². The lowest BCUT2D eigenvalue weighted by molar-refractivity contribution is 0.0898. The van der Waals surface area contributed by atoms with Crippen molar-refractivity contribution in [1.82, 2.24) is 9.55 Å². The van der Waals surface area contributed by atoms with E-state index in [9.17, 15) is 4.39 Å². The second-order valence-corrected chi connectivity index (χ2v) is 12.6. The maximum atomic E-state index is 14.2. The molecule has 0 radical (unpaired) electrons. The van der Waals surface area contributed by atoms with Crippen molar-refractivity contribution in [2.45, 2.75) is 32.4 Å². The van der Waals surface area contributed by atoms with Crippen LogP contribution in [0.15, 0.2) is 16.9 Å². The lowest BCUT2D eigenvalue weighted by Gasteiger charge is -2.15. The minimum atomic E-state index is -1.10. The molecule has 1 aromatic carbocycles. The van der Waals surface area contributed by atoms with Gasteiger partial charge in [-0.1, -0.05) is 19.6 Å². The Bertz CT molecular complexity index is 640. The third kappa shape index (κ3) is 3.84. The van der Waals surface area contributed by atoms with Crippen molar-refractivity contribution in [3.05, 3.63) is 22.7 Å². The summed E-state index contributed by atoms with van der Waals surface area (Å²) in [5.41, 5.74) is 0.983. The van der Waals surface area contributed by atoms with Crippen molar-refractivity contribution >= 4 is 35.0 Å². The van der Waals surface area contributed by atoms with E-state index in [1.165, 1.54) is 7.11 Å². The van der Waals surface area contributed by atoms with Gasteiger partial charge < -0.3 is 14.0 Å². The molecule has 116 valence electrons. The predicted octanol–water partition coefficient (Wildman–Crippen LogP) is 4.26. The smallest absolute Gasteiger partial charge is 0.193 e. The summed E-state index contributed by atoms with van der Waals surface area (Å²) < 4.78 is 27.3. The molecule has 0 amide bonds. The number of fused-ring (bicyclic) bond motifs is 1. The van der Waals surface area contributed by atoms with Gasteiger partial charge in [0.05, 0.1) is 23.4 Å². The minimum absolute atomic E-state index is 0.174. The lowest BCUT2D eigenvalue weighted by atomic mass is 10.3. The summed E-state index contributed by atoms with van der Waals surface area (Å²) in [6.45, 7) is 8.01. The zero-order valence-electron chi connectivity index (χ0n) is 12.7. The SMILES string of the molecule is COc1c(Br)cc2c(ncn2COCC[Si](C)(C)C)c1F. The number of nitrogens with zero attached hydrogens (tertiary/aromatic N) is 2. The summed E-state index contributed by atoms with van der Waals surface area (Å²) in [5, 5.41) is 0. The van der Waals surface area contributed by atoms with Crippen LogP contribution in [-0.2, 0) is 11.5 Å². The Balaban J connectivity index is 2.15. The van der Waals surface area contributed by atoms with Gasteiger partial charge in [-0.25, -0.2) is 9.37 Å². The number of rotatable bonds is 6. The first-order chi connectivity index (χ1) is 9.83. The van der Waals surface area contributed by atoms with Crippen molar-refractivity contribution in [2.75, 3.05) is 13.7 Å². The van der Waals surface area contributed by atoms with E-state index in [4.69, 9.17) is 9.47 Å². The van der Waals surface area contributed by atoms with Crippen LogP contribution in [0.25, 0.3) is 11.0 Å². The Morgan fingerprint density at radius 3 is 2.71 bits per heavy atom. The van der Waals surface area contributed by atoms with Gasteiger partial charge in [0.15, 0.2) is 11.6 Å². The van der Waals surface area contributed by atoms with E-state index in [-0.39, 0.29) is 5.75 Å². The number of ether oxygens (including phenoxy) is 2. The quantitative estimate of drug-likeness (QED) is 0.559. The molecule has 0 unspecified atom stereocenters. The number of aromatic nitrogens is 2. The van der Waals surface area contributed by atoms with E-state index in [0.29, 0.717) is 22.2 Å². The van der Waals surface area contributed by atoms with Gasteiger partial charge >= 0.3 is 0 Å². The van der Waals surface area contributed by atoms with Gasteiger partial charge in [-0.05, 0) is 28.0 Å². The maximum absolute atomic E-state index is 14.2. The normalized spacial score (nSPS) is 12.1. The Morgan fingerprint density at radius 2 is 2.10 bits per heavy atom. The van der Waals surface area contributed by atoms with Crippen LogP contribution in [0.4, 0.5) is 4.39 Å². The van der Waals surface area contributed by atoms with Crippen molar-refractivity contribution in [3.63, 3.8) is 0 Å². The maximum Gasteiger partial charge on any atom is 0.193 e. The molecule has 0 atom stereocenters. The fraction of sp³-hybridized carbons (Fsp3) is 0.500. The molecule has 0 bridgehead atoms. The number of benzene rings is 1. The summed E-state index contributed by atoms with van der Waals surface area (Å²) in [6.07, 6.45) is 1.59. The summed E-state index contributed by atoms with van der Waals surface area (Å²) >= 11 is 3.31. The molecule has 0 saturated carbocycles.